The maximum atomic E-state index is 11.9. The van der Waals surface area contributed by atoms with E-state index in [1.807, 2.05) is 13.8 Å². The molecular weight excluding hydrogens is 282 g/mol. The minimum Gasteiger partial charge on any atom is -0.483 e. The van der Waals surface area contributed by atoms with Gasteiger partial charge in [0.15, 0.2) is 5.84 Å². The number of nitrogens with two attached hydrogens (primary N) is 1. The maximum Gasteiger partial charge on any atom is 0.233 e. The Morgan fingerprint density at radius 1 is 1.45 bits per heavy atom. The number of nitrogens with zero attached hydrogens (tertiary/aromatic N) is 1. The fourth-order valence-corrected chi connectivity index (χ4v) is 2.97. The Labute approximate surface area is 118 Å². The molecule has 0 saturated carbocycles. The summed E-state index contributed by atoms with van der Waals surface area (Å²) in [6, 6.07) is 6.56. The number of amidine groups is 1. The van der Waals surface area contributed by atoms with Crippen molar-refractivity contribution in [2.24, 2.45) is 16.8 Å². The number of hydrogen-bond donors (Lipinski definition) is 3. The van der Waals surface area contributed by atoms with E-state index in [-0.39, 0.29) is 24.1 Å². The van der Waals surface area contributed by atoms with Crippen molar-refractivity contribution in [3.05, 3.63) is 24.3 Å². The summed E-state index contributed by atoms with van der Waals surface area (Å²) in [7, 11) is -3.44. The highest BCUT2D eigenvalue weighted by Gasteiger charge is 2.15. The SMILES string of the molecule is CC(C)CS(=O)(=O)Nc1ccccc1OCC(N)=NO. The third kappa shape index (κ3) is 5.35. The molecule has 0 spiro atoms. The van der Waals surface area contributed by atoms with E-state index in [0.29, 0.717) is 11.4 Å². The number of oxime groups is 1. The number of anilines is 1. The van der Waals surface area contributed by atoms with Crippen molar-refractivity contribution < 1.29 is 18.4 Å². The minimum atomic E-state index is -3.44. The Hall–Kier alpha value is -1.96. The van der Waals surface area contributed by atoms with E-state index in [2.05, 4.69) is 9.88 Å². The molecule has 0 amide bonds. The van der Waals surface area contributed by atoms with Crippen molar-refractivity contribution in [2.75, 3.05) is 17.1 Å². The van der Waals surface area contributed by atoms with E-state index in [1.54, 1.807) is 24.3 Å². The van der Waals surface area contributed by atoms with Crippen molar-refractivity contribution >= 4 is 21.5 Å². The zero-order chi connectivity index (χ0) is 15.2. The second-order valence-corrected chi connectivity index (χ2v) is 6.42. The number of benzene rings is 1. The summed E-state index contributed by atoms with van der Waals surface area (Å²) in [5.74, 6) is 0.232. The summed E-state index contributed by atoms with van der Waals surface area (Å²) in [4.78, 5) is 0. The molecule has 4 N–H and O–H groups in total. The summed E-state index contributed by atoms with van der Waals surface area (Å²) in [6.45, 7) is 3.50. The molecule has 20 heavy (non-hydrogen) atoms. The largest absolute Gasteiger partial charge is 0.483 e. The van der Waals surface area contributed by atoms with Crippen LogP contribution in [-0.2, 0) is 10.0 Å². The lowest BCUT2D eigenvalue weighted by Gasteiger charge is -2.14. The van der Waals surface area contributed by atoms with Crippen LogP contribution in [0, 0.1) is 5.92 Å². The molecule has 1 rings (SSSR count). The van der Waals surface area contributed by atoms with E-state index in [9.17, 15) is 8.42 Å². The molecule has 7 nitrogen and oxygen atoms in total. The number of sulfonamides is 1. The van der Waals surface area contributed by atoms with Crippen LogP contribution in [0.3, 0.4) is 0 Å². The molecule has 0 heterocycles. The second-order valence-electron chi connectivity index (χ2n) is 4.65. The van der Waals surface area contributed by atoms with Gasteiger partial charge in [-0.25, -0.2) is 8.42 Å². The molecule has 0 aliphatic carbocycles. The molecule has 112 valence electrons. The molecule has 0 fully saturated rings. The molecule has 1 aromatic carbocycles. The third-order valence-corrected chi connectivity index (χ3v) is 3.85. The predicted molar refractivity (Wildman–Crippen MR) is 77.6 cm³/mol. The Balaban J connectivity index is 2.85. The molecule has 0 aliphatic heterocycles. The number of rotatable bonds is 7. The molecular formula is C12H19N3O4S. The van der Waals surface area contributed by atoms with Gasteiger partial charge in [0.25, 0.3) is 0 Å². The fourth-order valence-electron chi connectivity index (χ4n) is 1.51. The first-order valence-electron chi connectivity index (χ1n) is 6.03. The van der Waals surface area contributed by atoms with Crippen LogP contribution in [0.1, 0.15) is 13.8 Å². The number of ether oxygens (including phenoxy) is 1. The lowest BCUT2D eigenvalue weighted by Crippen LogP contribution is -2.23. The average Bonchev–Trinajstić information content (AvgIpc) is 2.35. The van der Waals surface area contributed by atoms with Gasteiger partial charge >= 0.3 is 0 Å². The van der Waals surface area contributed by atoms with Gasteiger partial charge in [-0.2, -0.15) is 0 Å². The first-order valence-corrected chi connectivity index (χ1v) is 7.68. The van der Waals surface area contributed by atoms with Crippen molar-refractivity contribution in [1.82, 2.24) is 0 Å². The molecule has 0 saturated heterocycles. The van der Waals surface area contributed by atoms with Crippen molar-refractivity contribution in [3.8, 4) is 5.75 Å². The quantitative estimate of drug-likeness (QED) is 0.303. The topological polar surface area (TPSA) is 114 Å². The molecule has 0 radical (unpaired) electrons. The summed E-state index contributed by atoms with van der Waals surface area (Å²) in [5, 5.41) is 11.2. The van der Waals surface area contributed by atoms with Gasteiger partial charge in [0, 0.05) is 0 Å². The monoisotopic (exact) mass is 301 g/mol. The first kappa shape index (κ1) is 16.1. The highest BCUT2D eigenvalue weighted by Crippen LogP contribution is 2.25. The van der Waals surface area contributed by atoms with Gasteiger partial charge < -0.3 is 15.7 Å². The zero-order valence-electron chi connectivity index (χ0n) is 11.4. The van der Waals surface area contributed by atoms with Gasteiger partial charge in [-0.05, 0) is 18.1 Å². The Bertz CT molecular complexity index is 570. The van der Waals surface area contributed by atoms with Crippen LogP contribution < -0.4 is 15.2 Å². The summed E-state index contributed by atoms with van der Waals surface area (Å²) in [5.41, 5.74) is 5.62. The van der Waals surface area contributed by atoms with Crippen LogP contribution in [-0.4, -0.2) is 31.8 Å². The van der Waals surface area contributed by atoms with Crippen LogP contribution in [0.4, 0.5) is 5.69 Å². The van der Waals surface area contributed by atoms with Crippen LogP contribution in [0.15, 0.2) is 29.4 Å². The van der Waals surface area contributed by atoms with Crippen molar-refractivity contribution in [2.45, 2.75) is 13.8 Å². The molecule has 0 unspecified atom stereocenters. The van der Waals surface area contributed by atoms with Gasteiger partial charge in [0.2, 0.25) is 10.0 Å². The summed E-state index contributed by atoms with van der Waals surface area (Å²) in [6.07, 6.45) is 0. The predicted octanol–water partition coefficient (Wildman–Crippen LogP) is 1.21. The molecule has 8 heteroatoms. The standard InChI is InChI=1S/C12H19N3O4S/c1-9(2)8-20(17,18)15-10-5-3-4-6-11(10)19-7-12(13)14-16/h3-6,9,15-16H,7-8H2,1-2H3,(H2,13,14). The highest BCUT2D eigenvalue weighted by atomic mass is 32.2. The number of nitrogens with one attached hydrogen (secondary N) is 1. The van der Waals surface area contributed by atoms with Gasteiger partial charge in [-0.1, -0.05) is 31.1 Å². The first-order chi connectivity index (χ1) is 9.34. The molecule has 0 bridgehead atoms. The molecule has 0 aliphatic rings. The van der Waals surface area contributed by atoms with Gasteiger partial charge in [-0.3, -0.25) is 4.72 Å². The van der Waals surface area contributed by atoms with Gasteiger partial charge in [-0.15, -0.1) is 0 Å². The maximum absolute atomic E-state index is 11.9. The van der Waals surface area contributed by atoms with E-state index in [1.165, 1.54) is 0 Å². The normalized spacial score (nSPS) is 12.4. The lowest BCUT2D eigenvalue weighted by atomic mass is 10.3. The smallest absolute Gasteiger partial charge is 0.233 e. The Kier molecular flexibility index (Phi) is 5.63. The minimum absolute atomic E-state index is 0.0118. The average molecular weight is 301 g/mol. The second kappa shape index (κ2) is 6.99. The molecule has 0 atom stereocenters. The highest BCUT2D eigenvalue weighted by molar-refractivity contribution is 7.92. The molecule has 1 aromatic rings. The van der Waals surface area contributed by atoms with Crippen LogP contribution >= 0.6 is 0 Å². The van der Waals surface area contributed by atoms with Crippen LogP contribution in [0.5, 0.6) is 5.75 Å². The van der Waals surface area contributed by atoms with E-state index < -0.39 is 10.0 Å². The molecule has 0 aromatic heterocycles. The van der Waals surface area contributed by atoms with Gasteiger partial charge in [0.05, 0.1) is 11.4 Å². The van der Waals surface area contributed by atoms with E-state index in [4.69, 9.17) is 15.7 Å². The van der Waals surface area contributed by atoms with Crippen LogP contribution in [0.25, 0.3) is 0 Å². The van der Waals surface area contributed by atoms with Crippen molar-refractivity contribution in [3.63, 3.8) is 0 Å². The Morgan fingerprint density at radius 3 is 2.70 bits per heavy atom. The van der Waals surface area contributed by atoms with E-state index in [0.717, 1.165) is 0 Å². The van der Waals surface area contributed by atoms with Crippen molar-refractivity contribution in [1.29, 1.82) is 0 Å². The van der Waals surface area contributed by atoms with Gasteiger partial charge in [0.1, 0.15) is 12.4 Å². The summed E-state index contributed by atoms with van der Waals surface area (Å²) >= 11 is 0. The number of hydrogen-bond acceptors (Lipinski definition) is 5. The third-order valence-electron chi connectivity index (χ3n) is 2.21. The summed E-state index contributed by atoms with van der Waals surface area (Å²) < 4.78 is 31.6. The number of para-hydroxylation sites is 2. The fraction of sp³-hybridized carbons (Fsp3) is 0.417. The van der Waals surface area contributed by atoms with E-state index >= 15 is 0 Å². The zero-order valence-corrected chi connectivity index (χ0v) is 12.2. The van der Waals surface area contributed by atoms with Crippen LogP contribution in [0.2, 0.25) is 0 Å². The Morgan fingerprint density at radius 2 is 2.10 bits per heavy atom. The lowest BCUT2D eigenvalue weighted by molar-refractivity contribution is 0.306.